The minimum absolute atomic E-state index is 0.116. The van der Waals surface area contributed by atoms with E-state index in [4.69, 9.17) is 4.74 Å². The van der Waals surface area contributed by atoms with Crippen molar-refractivity contribution in [3.8, 4) is 17.0 Å². The van der Waals surface area contributed by atoms with Crippen LogP contribution in [0.3, 0.4) is 0 Å². The fourth-order valence-corrected chi connectivity index (χ4v) is 2.24. The van der Waals surface area contributed by atoms with Crippen LogP contribution in [0.4, 0.5) is 0 Å². The molecule has 0 atom stereocenters. The van der Waals surface area contributed by atoms with Crippen LogP contribution in [-0.4, -0.2) is 23.2 Å². The Balaban J connectivity index is 2.43. The lowest BCUT2D eigenvalue weighted by Gasteiger charge is -2.22. The van der Waals surface area contributed by atoms with E-state index >= 15 is 0 Å². The van der Waals surface area contributed by atoms with Crippen LogP contribution in [0.15, 0.2) is 30.3 Å². The summed E-state index contributed by atoms with van der Waals surface area (Å²) in [5.74, 6) is 0.835. The number of carbonyl (C=O) groups excluding carboxylic acids is 1. The zero-order chi connectivity index (χ0) is 15.5. The van der Waals surface area contributed by atoms with Gasteiger partial charge in [0.05, 0.1) is 24.0 Å². The molecular weight excluding hydrogens is 264 g/mol. The third-order valence-electron chi connectivity index (χ3n) is 3.30. The van der Waals surface area contributed by atoms with Gasteiger partial charge in [-0.25, -0.2) is 0 Å². The molecule has 2 rings (SSSR count). The average molecular weight is 286 g/mol. The van der Waals surface area contributed by atoms with Crippen LogP contribution < -0.4 is 4.74 Å². The monoisotopic (exact) mass is 286 g/mol. The number of rotatable bonds is 5. The molecule has 0 amide bonds. The maximum atomic E-state index is 10.6. The second kappa shape index (κ2) is 6.12. The topological polar surface area (TPSA) is 44.1 Å². The minimum atomic E-state index is -0.116. The summed E-state index contributed by atoms with van der Waals surface area (Å²) < 4.78 is 7.22. The molecule has 1 heterocycles. The Morgan fingerprint density at radius 2 is 1.90 bits per heavy atom. The summed E-state index contributed by atoms with van der Waals surface area (Å²) in [5, 5.41) is 4.66. The largest absolute Gasteiger partial charge is 0.497 e. The van der Waals surface area contributed by atoms with Gasteiger partial charge in [0.15, 0.2) is 0 Å². The number of benzene rings is 1. The average Bonchev–Trinajstić information content (AvgIpc) is 2.89. The Kier molecular flexibility index (Phi) is 4.46. The molecule has 112 valence electrons. The zero-order valence-electron chi connectivity index (χ0n) is 13.1. The molecule has 0 fully saturated rings. The fourth-order valence-electron chi connectivity index (χ4n) is 2.24. The molecule has 1 aromatic heterocycles. The molecule has 0 bridgehead atoms. The number of ether oxygens (including phenoxy) is 1. The second-order valence-corrected chi connectivity index (χ2v) is 6.04. The fraction of sp³-hybridized carbons (Fsp3) is 0.412. The highest BCUT2D eigenvalue weighted by atomic mass is 16.5. The van der Waals surface area contributed by atoms with Crippen molar-refractivity contribution in [1.82, 2.24) is 9.78 Å². The van der Waals surface area contributed by atoms with Crippen LogP contribution >= 0.6 is 0 Å². The zero-order valence-corrected chi connectivity index (χ0v) is 13.1. The summed E-state index contributed by atoms with van der Waals surface area (Å²) in [7, 11) is 1.66. The number of nitrogens with zero attached hydrogens (tertiary/aromatic N) is 2. The Morgan fingerprint density at radius 1 is 1.24 bits per heavy atom. The van der Waals surface area contributed by atoms with Gasteiger partial charge in [-0.1, -0.05) is 0 Å². The summed E-state index contributed by atoms with van der Waals surface area (Å²) in [6.07, 6.45) is 2.11. The molecule has 0 aliphatic rings. The number of hydrogen-bond acceptors (Lipinski definition) is 3. The third-order valence-corrected chi connectivity index (χ3v) is 3.30. The highest BCUT2D eigenvalue weighted by Gasteiger charge is 2.20. The van der Waals surface area contributed by atoms with Gasteiger partial charge in [-0.05, 0) is 57.5 Å². The molecule has 0 aliphatic heterocycles. The molecule has 4 heteroatoms. The second-order valence-electron chi connectivity index (χ2n) is 6.04. The third kappa shape index (κ3) is 3.51. The lowest BCUT2D eigenvalue weighted by molar-refractivity contribution is -0.107. The first-order chi connectivity index (χ1) is 9.95. The summed E-state index contributed by atoms with van der Waals surface area (Å²) in [6.45, 7) is 6.36. The molecule has 1 aromatic carbocycles. The van der Waals surface area contributed by atoms with Crippen LogP contribution in [0.2, 0.25) is 0 Å². The van der Waals surface area contributed by atoms with E-state index in [0.717, 1.165) is 29.0 Å². The van der Waals surface area contributed by atoms with Crippen molar-refractivity contribution in [2.45, 2.75) is 39.2 Å². The molecule has 0 unspecified atom stereocenters. The van der Waals surface area contributed by atoms with Gasteiger partial charge in [0.1, 0.15) is 12.0 Å². The van der Waals surface area contributed by atoms with Gasteiger partial charge in [-0.15, -0.1) is 0 Å². The van der Waals surface area contributed by atoms with Crippen molar-refractivity contribution in [2.24, 2.45) is 0 Å². The quantitative estimate of drug-likeness (QED) is 0.791. The van der Waals surface area contributed by atoms with E-state index < -0.39 is 0 Å². The molecule has 4 nitrogen and oxygen atoms in total. The molecule has 0 N–H and O–H groups in total. The maximum Gasteiger partial charge on any atom is 0.120 e. The van der Waals surface area contributed by atoms with E-state index in [1.165, 1.54) is 0 Å². The highest BCUT2D eigenvalue weighted by molar-refractivity contribution is 5.61. The summed E-state index contributed by atoms with van der Waals surface area (Å²) in [4.78, 5) is 10.6. The van der Waals surface area contributed by atoms with E-state index in [-0.39, 0.29) is 5.54 Å². The minimum Gasteiger partial charge on any atom is -0.497 e. The first-order valence-electron chi connectivity index (χ1n) is 7.13. The van der Waals surface area contributed by atoms with Crippen LogP contribution in [0.25, 0.3) is 11.3 Å². The Bertz CT molecular complexity index is 607. The van der Waals surface area contributed by atoms with Gasteiger partial charge >= 0.3 is 0 Å². The molecule has 0 aliphatic carbocycles. The number of hydrogen-bond donors (Lipinski definition) is 0. The van der Waals surface area contributed by atoms with E-state index in [0.29, 0.717) is 12.8 Å². The summed E-state index contributed by atoms with van der Waals surface area (Å²) >= 11 is 0. The smallest absolute Gasteiger partial charge is 0.120 e. The normalized spacial score (nSPS) is 11.4. The van der Waals surface area contributed by atoms with Crippen LogP contribution in [0.1, 0.15) is 32.9 Å². The van der Waals surface area contributed by atoms with E-state index in [9.17, 15) is 4.79 Å². The van der Waals surface area contributed by atoms with Crippen molar-refractivity contribution in [1.29, 1.82) is 0 Å². The van der Waals surface area contributed by atoms with Crippen LogP contribution in [0, 0.1) is 0 Å². The first-order valence-corrected chi connectivity index (χ1v) is 7.13. The van der Waals surface area contributed by atoms with Gasteiger partial charge < -0.3 is 9.53 Å². The van der Waals surface area contributed by atoms with Crippen molar-refractivity contribution in [3.05, 3.63) is 36.0 Å². The van der Waals surface area contributed by atoms with Crippen molar-refractivity contribution in [3.63, 3.8) is 0 Å². The predicted octanol–water partition coefficient (Wildman–Crippen LogP) is 3.45. The predicted molar refractivity (Wildman–Crippen MR) is 83.6 cm³/mol. The standard InChI is InChI=1S/C17H22N2O2/c1-17(2,3)19-16(12-14(18-19)6-5-11-20)13-7-9-15(21-4)10-8-13/h7-12H,5-6H2,1-4H3. The molecule has 0 radical (unpaired) electrons. The molecule has 0 spiro atoms. The number of aromatic nitrogens is 2. The SMILES string of the molecule is COc1ccc(-c2cc(CCC=O)nn2C(C)(C)C)cc1. The Morgan fingerprint density at radius 3 is 2.43 bits per heavy atom. The molecule has 0 saturated carbocycles. The van der Waals surface area contributed by atoms with Gasteiger partial charge in [0.25, 0.3) is 0 Å². The Labute approximate surface area is 125 Å². The lowest BCUT2D eigenvalue weighted by Crippen LogP contribution is -2.24. The Hall–Kier alpha value is -2.10. The summed E-state index contributed by atoms with van der Waals surface area (Å²) in [6, 6.07) is 10.0. The molecule has 0 saturated heterocycles. The van der Waals surface area contributed by atoms with Gasteiger partial charge in [0.2, 0.25) is 0 Å². The van der Waals surface area contributed by atoms with Crippen molar-refractivity contribution in [2.75, 3.05) is 7.11 Å². The maximum absolute atomic E-state index is 10.6. The van der Waals surface area contributed by atoms with E-state index in [1.54, 1.807) is 7.11 Å². The van der Waals surface area contributed by atoms with E-state index in [2.05, 4.69) is 31.9 Å². The number of methoxy groups -OCH3 is 1. The first kappa shape index (κ1) is 15.3. The van der Waals surface area contributed by atoms with Crippen molar-refractivity contribution < 1.29 is 9.53 Å². The molecule has 2 aromatic rings. The number of aryl methyl sites for hydroxylation is 1. The lowest BCUT2D eigenvalue weighted by atomic mass is 10.1. The summed E-state index contributed by atoms with van der Waals surface area (Å²) in [5.41, 5.74) is 2.98. The van der Waals surface area contributed by atoms with Crippen LogP contribution in [-0.2, 0) is 16.8 Å². The van der Waals surface area contributed by atoms with Crippen molar-refractivity contribution >= 4 is 6.29 Å². The van der Waals surface area contributed by atoms with E-state index in [1.807, 2.05) is 28.9 Å². The van der Waals surface area contributed by atoms with Crippen LogP contribution in [0.5, 0.6) is 5.75 Å². The van der Waals surface area contributed by atoms with Gasteiger partial charge in [-0.3, -0.25) is 4.68 Å². The molecular formula is C17H22N2O2. The van der Waals surface area contributed by atoms with Gasteiger partial charge in [-0.2, -0.15) is 5.10 Å². The number of aldehydes is 1. The highest BCUT2D eigenvalue weighted by Crippen LogP contribution is 2.28. The van der Waals surface area contributed by atoms with Gasteiger partial charge in [0, 0.05) is 12.0 Å². The number of carbonyl (C=O) groups is 1. The molecule has 21 heavy (non-hydrogen) atoms.